The van der Waals surface area contributed by atoms with Gasteiger partial charge in [-0.15, -0.1) is 0 Å². The maximum atomic E-state index is 2.48. The summed E-state index contributed by atoms with van der Waals surface area (Å²) in [6.07, 6.45) is 2.46. The molecule has 0 amide bonds. The van der Waals surface area contributed by atoms with Crippen molar-refractivity contribution in [3.8, 4) is 0 Å². The van der Waals surface area contributed by atoms with Crippen LogP contribution < -0.4 is 4.90 Å². The van der Waals surface area contributed by atoms with Crippen molar-refractivity contribution in [1.29, 1.82) is 0 Å². The van der Waals surface area contributed by atoms with Gasteiger partial charge in [-0.25, -0.2) is 0 Å². The van der Waals surface area contributed by atoms with Crippen molar-refractivity contribution in [2.75, 3.05) is 25.5 Å². The van der Waals surface area contributed by atoms with Crippen molar-refractivity contribution < 1.29 is 0 Å². The third-order valence-electron chi connectivity index (χ3n) is 4.47. The van der Waals surface area contributed by atoms with E-state index in [1.54, 1.807) is 0 Å². The van der Waals surface area contributed by atoms with Gasteiger partial charge in [0.1, 0.15) is 0 Å². The van der Waals surface area contributed by atoms with Crippen molar-refractivity contribution in [2.24, 2.45) is 0 Å². The minimum absolute atomic E-state index is 0.575. The molecule has 1 heterocycles. The van der Waals surface area contributed by atoms with Crippen molar-refractivity contribution in [3.63, 3.8) is 0 Å². The Balaban J connectivity index is 2.45. The van der Waals surface area contributed by atoms with E-state index in [0.29, 0.717) is 12.1 Å². The van der Waals surface area contributed by atoms with E-state index in [-0.39, 0.29) is 0 Å². The van der Waals surface area contributed by atoms with Gasteiger partial charge >= 0.3 is 0 Å². The fourth-order valence-electron chi connectivity index (χ4n) is 3.08. The smallest absolute Gasteiger partial charge is 0.0414 e. The molecule has 0 spiro atoms. The van der Waals surface area contributed by atoms with E-state index in [1.165, 1.54) is 29.7 Å². The Morgan fingerprint density at radius 1 is 1.33 bits per heavy atom. The lowest BCUT2D eigenvalue weighted by molar-refractivity contribution is 0.222. The summed E-state index contributed by atoms with van der Waals surface area (Å²) in [5.74, 6) is 0. The van der Waals surface area contributed by atoms with E-state index in [4.69, 9.17) is 0 Å². The highest BCUT2D eigenvalue weighted by Crippen LogP contribution is 2.40. The van der Waals surface area contributed by atoms with Crippen LogP contribution in [0.4, 0.5) is 5.69 Å². The Hall–Kier alpha value is -1.02. The van der Waals surface area contributed by atoms with Crippen LogP contribution >= 0.6 is 0 Å². The Kier molecular flexibility index (Phi) is 3.96. The first-order valence-electron chi connectivity index (χ1n) is 7.12. The zero-order valence-corrected chi connectivity index (χ0v) is 12.4. The van der Waals surface area contributed by atoms with Gasteiger partial charge in [0.15, 0.2) is 0 Å². The molecule has 18 heavy (non-hydrogen) atoms. The Labute approximate surface area is 112 Å². The van der Waals surface area contributed by atoms with Gasteiger partial charge in [0.2, 0.25) is 0 Å². The predicted molar refractivity (Wildman–Crippen MR) is 79.3 cm³/mol. The Morgan fingerprint density at radius 2 is 2.06 bits per heavy atom. The monoisotopic (exact) mass is 246 g/mol. The lowest BCUT2D eigenvalue weighted by Crippen LogP contribution is -2.41. The summed E-state index contributed by atoms with van der Waals surface area (Å²) in [4.78, 5) is 4.95. The van der Waals surface area contributed by atoms with Crippen LogP contribution in [0.5, 0.6) is 0 Å². The number of aryl methyl sites for hydroxylation is 1. The fourth-order valence-corrected chi connectivity index (χ4v) is 3.08. The summed E-state index contributed by atoms with van der Waals surface area (Å²) < 4.78 is 0. The van der Waals surface area contributed by atoms with Gasteiger partial charge in [-0.3, -0.25) is 4.90 Å². The molecule has 0 bridgehead atoms. The van der Waals surface area contributed by atoms with Crippen LogP contribution in [0.3, 0.4) is 0 Å². The number of hydrogen-bond donors (Lipinski definition) is 0. The lowest BCUT2D eigenvalue weighted by Gasteiger charge is -2.43. The molecule has 2 nitrogen and oxygen atoms in total. The van der Waals surface area contributed by atoms with E-state index in [2.05, 4.69) is 62.9 Å². The minimum Gasteiger partial charge on any atom is -0.371 e. The van der Waals surface area contributed by atoms with Crippen LogP contribution in [-0.2, 0) is 0 Å². The highest BCUT2D eigenvalue weighted by Gasteiger charge is 2.31. The zero-order valence-electron chi connectivity index (χ0n) is 12.4. The Morgan fingerprint density at radius 3 is 2.67 bits per heavy atom. The maximum Gasteiger partial charge on any atom is 0.0414 e. The van der Waals surface area contributed by atoms with Crippen LogP contribution in [-0.4, -0.2) is 31.6 Å². The number of fused-ring (bicyclic) bond motifs is 1. The van der Waals surface area contributed by atoms with Crippen LogP contribution in [0.15, 0.2) is 18.2 Å². The summed E-state index contributed by atoms with van der Waals surface area (Å²) in [6, 6.07) is 8.14. The van der Waals surface area contributed by atoms with Crippen molar-refractivity contribution in [1.82, 2.24) is 4.90 Å². The van der Waals surface area contributed by atoms with E-state index in [1.807, 2.05) is 0 Å². The molecular weight excluding hydrogens is 220 g/mol. The van der Waals surface area contributed by atoms with Crippen LogP contribution in [0.1, 0.15) is 43.9 Å². The first-order valence-corrected chi connectivity index (χ1v) is 7.12. The molecule has 0 saturated heterocycles. The normalized spacial score (nSPS) is 23.3. The van der Waals surface area contributed by atoms with Gasteiger partial charge in [0.25, 0.3) is 0 Å². The molecule has 0 radical (unpaired) electrons. The largest absolute Gasteiger partial charge is 0.371 e. The standard InChI is InChI=1S/C16H26N2/c1-6-13-11-16(17(4)7-2)14-10-12(3)8-9-15(14)18(13)5/h8-10,13,16H,6-7,11H2,1-5H3/t13-,16+/m1/s1. The molecule has 0 fully saturated rings. The van der Waals surface area contributed by atoms with Gasteiger partial charge in [-0.2, -0.15) is 0 Å². The third kappa shape index (κ3) is 2.26. The summed E-state index contributed by atoms with van der Waals surface area (Å²) in [5.41, 5.74) is 4.29. The molecule has 0 unspecified atom stereocenters. The molecule has 1 aromatic carbocycles. The Bertz CT molecular complexity index is 414. The van der Waals surface area contributed by atoms with Gasteiger partial charge in [-0.1, -0.05) is 31.5 Å². The van der Waals surface area contributed by atoms with E-state index in [0.717, 1.165) is 6.54 Å². The van der Waals surface area contributed by atoms with Crippen molar-refractivity contribution in [2.45, 2.75) is 45.7 Å². The molecular formula is C16H26N2. The zero-order chi connectivity index (χ0) is 13.3. The molecule has 2 atom stereocenters. The molecule has 2 heteroatoms. The molecule has 0 aromatic heterocycles. The first kappa shape index (κ1) is 13.4. The molecule has 1 aliphatic heterocycles. The predicted octanol–water partition coefficient (Wildman–Crippen LogP) is 3.61. The molecule has 1 aliphatic rings. The van der Waals surface area contributed by atoms with Crippen LogP contribution in [0, 0.1) is 6.92 Å². The SMILES string of the molecule is CC[C@@H]1C[C@H](N(C)CC)c2cc(C)ccc2N1C. The molecule has 2 rings (SSSR count). The summed E-state index contributed by atoms with van der Waals surface area (Å²) in [7, 11) is 4.49. The van der Waals surface area contributed by atoms with E-state index in [9.17, 15) is 0 Å². The number of nitrogens with zero attached hydrogens (tertiary/aromatic N) is 2. The van der Waals surface area contributed by atoms with E-state index < -0.39 is 0 Å². The highest BCUT2D eigenvalue weighted by atomic mass is 15.2. The quantitative estimate of drug-likeness (QED) is 0.804. The number of hydrogen-bond acceptors (Lipinski definition) is 2. The molecule has 0 aliphatic carbocycles. The van der Waals surface area contributed by atoms with E-state index >= 15 is 0 Å². The second-order valence-electron chi connectivity index (χ2n) is 5.56. The lowest BCUT2D eigenvalue weighted by atomic mass is 9.88. The molecule has 0 saturated carbocycles. The average molecular weight is 246 g/mol. The summed E-state index contributed by atoms with van der Waals surface area (Å²) in [6.45, 7) is 7.84. The number of anilines is 1. The van der Waals surface area contributed by atoms with Gasteiger partial charge in [-0.05, 0) is 45.0 Å². The highest BCUT2D eigenvalue weighted by molar-refractivity contribution is 5.58. The maximum absolute atomic E-state index is 2.48. The van der Waals surface area contributed by atoms with Crippen molar-refractivity contribution >= 4 is 5.69 Å². The number of rotatable bonds is 3. The van der Waals surface area contributed by atoms with Crippen LogP contribution in [0.25, 0.3) is 0 Å². The second-order valence-corrected chi connectivity index (χ2v) is 5.56. The third-order valence-corrected chi connectivity index (χ3v) is 4.47. The molecule has 1 aromatic rings. The van der Waals surface area contributed by atoms with Crippen LogP contribution in [0.2, 0.25) is 0 Å². The minimum atomic E-state index is 0.575. The number of benzene rings is 1. The van der Waals surface area contributed by atoms with Gasteiger partial charge < -0.3 is 4.90 Å². The first-order chi connectivity index (χ1) is 8.58. The van der Waals surface area contributed by atoms with Gasteiger partial charge in [0.05, 0.1) is 0 Å². The fraction of sp³-hybridized carbons (Fsp3) is 0.625. The van der Waals surface area contributed by atoms with Crippen molar-refractivity contribution in [3.05, 3.63) is 29.3 Å². The summed E-state index contributed by atoms with van der Waals surface area (Å²) >= 11 is 0. The average Bonchev–Trinajstić information content (AvgIpc) is 2.38. The molecule has 100 valence electrons. The second kappa shape index (κ2) is 5.31. The molecule has 0 N–H and O–H groups in total. The topological polar surface area (TPSA) is 6.48 Å². The van der Waals surface area contributed by atoms with Gasteiger partial charge in [0, 0.05) is 24.8 Å². The summed E-state index contributed by atoms with van der Waals surface area (Å²) in [5, 5.41) is 0.